The lowest BCUT2D eigenvalue weighted by Crippen LogP contribution is -2.32. The van der Waals surface area contributed by atoms with Crippen LogP contribution < -0.4 is 0 Å². The Morgan fingerprint density at radius 1 is 0.615 bits per heavy atom. The Morgan fingerprint density at radius 2 is 0.846 bits per heavy atom. The normalized spacial score (nSPS) is 9.18. The van der Waals surface area contributed by atoms with Crippen molar-refractivity contribution in [3.63, 3.8) is 0 Å². The molecular formula is C26H42O13. The first-order chi connectivity index (χ1) is 18.0. The molecule has 0 saturated heterocycles. The molecule has 0 heterocycles. The highest BCUT2D eigenvalue weighted by molar-refractivity contribution is 5.81. The van der Waals surface area contributed by atoms with Crippen LogP contribution in [0.5, 0.6) is 0 Å². The Labute approximate surface area is 228 Å². The molecule has 0 aromatic heterocycles. The second-order valence-electron chi connectivity index (χ2n) is 7.74. The molecule has 0 aromatic rings. The number of hydrogen-bond acceptors (Lipinski definition) is 10. The summed E-state index contributed by atoms with van der Waals surface area (Å²) in [5, 5.41) is 48.8. The molecule has 0 radical (unpaired) electrons. The number of rotatable bonds is 13. The van der Waals surface area contributed by atoms with Gasteiger partial charge in [0.15, 0.2) is 0 Å². The van der Waals surface area contributed by atoms with Gasteiger partial charge in [-0.2, -0.15) is 0 Å². The van der Waals surface area contributed by atoms with Crippen molar-refractivity contribution in [1.29, 1.82) is 0 Å². The van der Waals surface area contributed by atoms with Crippen LogP contribution in [0.25, 0.3) is 0 Å². The Balaban J connectivity index is -0.000000136. The molecule has 0 amide bonds. The fourth-order valence-electron chi connectivity index (χ4n) is 1.18. The summed E-state index contributed by atoms with van der Waals surface area (Å²) in [4.78, 5) is 49.3. The number of carboxylic acids is 3. The molecule has 13 heteroatoms. The molecule has 0 bridgehead atoms. The third-order valence-electron chi connectivity index (χ3n) is 3.82. The maximum atomic E-state index is 10.8. The van der Waals surface area contributed by atoms with Crippen molar-refractivity contribution in [3.8, 4) is 0 Å². The first-order valence-corrected chi connectivity index (χ1v) is 10.9. The van der Waals surface area contributed by atoms with Gasteiger partial charge in [-0.05, 0) is 6.42 Å². The number of aliphatic hydroxyl groups excluding tert-OH is 3. The van der Waals surface area contributed by atoms with E-state index in [-0.39, 0.29) is 33.0 Å². The van der Waals surface area contributed by atoms with Gasteiger partial charge in [-0.25, -0.2) is 24.0 Å². The highest BCUT2D eigenvalue weighted by Crippen LogP contribution is 2.18. The molecule has 0 fully saturated rings. The summed E-state index contributed by atoms with van der Waals surface area (Å²) in [6, 6.07) is 0. The number of carbonyl (C=O) groups excluding carboxylic acids is 2. The van der Waals surface area contributed by atoms with E-state index in [1.807, 2.05) is 20.8 Å². The fraction of sp³-hybridized carbons (Fsp3) is 0.423. The summed E-state index contributed by atoms with van der Waals surface area (Å²) in [5.41, 5.74) is -1.09. The zero-order chi connectivity index (χ0) is 32.1. The van der Waals surface area contributed by atoms with Gasteiger partial charge in [0.25, 0.3) is 0 Å². The number of aliphatic hydroxyl groups is 3. The van der Waals surface area contributed by atoms with Crippen LogP contribution in [0.3, 0.4) is 0 Å². The van der Waals surface area contributed by atoms with Crippen LogP contribution in [0.15, 0.2) is 63.3 Å². The number of ether oxygens (including phenoxy) is 2. The number of carboxylic acid groups (broad SMARTS) is 3. The minimum absolute atomic E-state index is 0.156. The van der Waals surface area contributed by atoms with Gasteiger partial charge in [0.1, 0.15) is 0 Å². The topological polar surface area (TPSA) is 225 Å². The first-order valence-electron chi connectivity index (χ1n) is 10.9. The van der Waals surface area contributed by atoms with E-state index < -0.39 is 40.7 Å². The summed E-state index contributed by atoms with van der Waals surface area (Å²) in [6.45, 7) is 20.8. The number of esters is 2. The monoisotopic (exact) mass is 562 g/mol. The van der Waals surface area contributed by atoms with E-state index in [4.69, 9.17) is 40.1 Å². The van der Waals surface area contributed by atoms with Crippen LogP contribution in [0.4, 0.5) is 0 Å². The van der Waals surface area contributed by atoms with Gasteiger partial charge < -0.3 is 40.1 Å². The van der Waals surface area contributed by atoms with Crippen LogP contribution in [0, 0.1) is 10.8 Å². The van der Waals surface area contributed by atoms with Crippen molar-refractivity contribution in [2.75, 3.05) is 33.0 Å². The van der Waals surface area contributed by atoms with Crippen LogP contribution in [0.2, 0.25) is 0 Å². The summed E-state index contributed by atoms with van der Waals surface area (Å²) in [7, 11) is 0. The molecule has 0 aromatic carbocycles. The lowest BCUT2D eigenvalue weighted by molar-refractivity contribution is -0.146. The molecule has 0 aliphatic rings. The molecule has 6 N–H and O–H groups in total. The van der Waals surface area contributed by atoms with Gasteiger partial charge in [-0.1, -0.05) is 53.7 Å². The molecule has 0 atom stereocenters. The van der Waals surface area contributed by atoms with E-state index in [9.17, 15) is 24.0 Å². The quantitative estimate of drug-likeness (QED) is 0.139. The van der Waals surface area contributed by atoms with Crippen molar-refractivity contribution in [3.05, 3.63) is 63.3 Å². The van der Waals surface area contributed by atoms with E-state index in [0.717, 1.165) is 30.4 Å². The van der Waals surface area contributed by atoms with Gasteiger partial charge in [0.2, 0.25) is 0 Å². The average molecular weight is 563 g/mol. The summed E-state index contributed by atoms with van der Waals surface area (Å²) >= 11 is 0. The third kappa shape index (κ3) is 38.6. The molecule has 13 nitrogen and oxygen atoms in total. The molecule has 39 heavy (non-hydrogen) atoms. The predicted molar refractivity (Wildman–Crippen MR) is 144 cm³/mol. The molecule has 0 saturated carbocycles. The van der Waals surface area contributed by atoms with Gasteiger partial charge in [0, 0.05) is 41.2 Å². The fourth-order valence-corrected chi connectivity index (χ4v) is 1.18. The van der Waals surface area contributed by atoms with Crippen molar-refractivity contribution >= 4 is 29.8 Å². The molecule has 0 aliphatic carbocycles. The van der Waals surface area contributed by atoms with E-state index in [0.29, 0.717) is 6.42 Å². The zero-order valence-electron chi connectivity index (χ0n) is 22.7. The van der Waals surface area contributed by atoms with Crippen molar-refractivity contribution in [1.82, 2.24) is 0 Å². The standard InChI is InChI=1S/C11H16O4.C6H14O3.3C3H4O2/c1-5-9(12)14-7-11(3,4)8-15-10(13)6-2;1-2-6(3-7,4-8)5-9;3*1-2-3(4)5/h5-6H,1-2,7-8H2,3-4H3;7-9H,2-5H2,1H3;3*2H,1H2,(H,4,5). The summed E-state index contributed by atoms with van der Waals surface area (Å²) in [5.74, 6) is -3.92. The van der Waals surface area contributed by atoms with Crippen LogP contribution in [0.1, 0.15) is 27.2 Å². The van der Waals surface area contributed by atoms with E-state index in [1.165, 1.54) is 0 Å². The van der Waals surface area contributed by atoms with E-state index in [1.54, 1.807) is 0 Å². The van der Waals surface area contributed by atoms with Crippen LogP contribution in [-0.2, 0) is 33.4 Å². The SMILES string of the molecule is C=CC(=O)O.C=CC(=O)O.C=CC(=O)O.C=CC(=O)OCC(C)(C)COC(=O)C=C.CCC(CO)(CO)CO. The van der Waals surface area contributed by atoms with Gasteiger partial charge in [-0.15, -0.1) is 0 Å². The van der Waals surface area contributed by atoms with Gasteiger partial charge in [-0.3, -0.25) is 0 Å². The molecule has 0 spiro atoms. The summed E-state index contributed by atoms with van der Waals surface area (Å²) in [6.07, 6.45) is 5.27. The second kappa shape index (κ2) is 28.5. The van der Waals surface area contributed by atoms with Crippen molar-refractivity contribution < 1.29 is 64.1 Å². The van der Waals surface area contributed by atoms with Crippen molar-refractivity contribution in [2.24, 2.45) is 10.8 Å². The minimum atomic E-state index is -0.981. The molecule has 0 rings (SSSR count). The van der Waals surface area contributed by atoms with Gasteiger partial charge in [0.05, 0.1) is 33.0 Å². The van der Waals surface area contributed by atoms with Crippen LogP contribution >= 0.6 is 0 Å². The largest absolute Gasteiger partial charge is 0.478 e. The summed E-state index contributed by atoms with van der Waals surface area (Å²) < 4.78 is 9.70. The average Bonchev–Trinajstić information content (AvgIpc) is 2.93. The Bertz CT molecular complexity index is 692. The third-order valence-corrected chi connectivity index (χ3v) is 3.82. The zero-order valence-corrected chi connectivity index (χ0v) is 22.7. The Kier molecular flexibility index (Phi) is 32.8. The smallest absolute Gasteiger partial charge is 0.330 e. The maximum Gasteiger partial charge on any atom is 0.330 e. The highest BCUT2D eigenvalue weighted by Gasteiger charge is 2.25. The molecule has 0 aliphatic heterocycles. The van der Waals surface area contributed by atoms with Gasteiger partial charge >= 0.3 is 29.8 Å². The predicted octanol–water partition coefficient (Wildman–Crippen LogP) is 1.60. The number of hydrogen-bond donors (Lipinski definition) is 6. The number of carbonyl (C=O) groups is 5. The lowest BCUT2D eigenvalue weighted by atomic mass is 9.88. The highest BCUT2D eigenvalue weighted by atomic mass is 16.5. The Morgan fingerprint density at radius 3 is 0.949 bits per heavy atom. The second-order valence-corrected chi connectivity index (χ2v) is 7.74. The number of aliphatic carboxylic acids is 3. The molecule has 0 unspecified atom stereocenters. The van der Waals surface area contributed by atoms with E-state index >= 15 is 0 Å². The maximum absolute atomic E-state index is 10.8. The first kappa shape index (κ1) is 44.9. The van der Waals surface area contributed by atoms with Crippen molar-refractivity contribution in [2.45, 2.75) is 27.2 Å². The minimum Gasteiger partial charge on any atom is -0.478 e. The molecular weight excluding hydrogens is 520 g/mol. The molecule has 224 valence electrons. The lowest BCUT2D eigenvalue weighted by Gasteiger charge is -2.24. The van der Waals surface area contributed by atoms with E-state index in [2.05, 4.69) is 32.9 Å². The van der Waals surface area contributed by atoms with Crippen LogP contribution in [-0.4, -0.2) is 93.5 Å². The Hall–Kier alpha value is -4.07.